The second kappa shape index (κ2) is 6.20. The number of hydrogen-bond acceptors (Lipinski definition) is 4. The van der Waals surface area contributed by atoms with E-state index < -0.39 is 5.54 Å². The van der Waals surface area contributed by atoms with Crippen LogP contribution in [0.3, 0.4) is 0 Å². The molecule has 19 heavy (non-hydrogen) atoms. The summed E-state index contributed by atoms with van der Waals surface area (Å²) < 4.78 is 5.70. The van der Waals surface area contributed by atoms with E-state index in [0.29, 0.717) is 6.04 Å². The minimum absolute atomic E-state index is 0.209. The maximum absolute atomic E-state index is 11.8. The Balaban J connectivity index is 2.05. The topological polar surface area (TPSA) is 67.6 Å². The maximum Gasteiger partial charge on any atom is 0.237 e. The summed E-state index contributed by atoms with van der Waals surface area (Å²) in [6.07, 6.45) is 5.25. The first-order chi connectivity index (χ1) is 9.07. The molecule has 1 saturated carbocycles. The Bertz CT molecular complexity index is 324. The first kappa shape index (κ1) is 14.8. The fraction of sp³-hybridized carbons (Fsp3) is 0.929. The zero-order chi connectivity index (χ0) is 13.9. The Morgan fingerprint density at radius 2 is 2.26 bits per heavy atom. The summed E-state index contributed by atoms with van der Waals surface area (Å²) in [5, 5.41) is 3.18. The molecule has 0 bridgehead atoms. The SMILES string of the molecule is CNC1(C(N)=O)CCCC(N2CCCOC(C)C2)C1. The normalized spacial score (nSPS) is 37.8. The van der Waals surface area contributed by atoms with E-state index in [-0.39, 0.29) is 12.0 Å². The van der Waals surface area contributed by atoms with Crippen molar-refractivity contribution in [2.75, 3.05) is 26.7 Å². The summed E-state index contributed by atoms with van der Waals surface area (Å²) in [4.78, 5) is 14.3. The number of carbonyl (C=O) groups is 1. The lowest BCUT2D eigenvalue weighted by molar-refractivity contribution is -0.126. The lowest BCUT2D eigenvalue weighted by Crippen LogP contribution is -2.60. The van der Waals surface area contributed by atoms with Crippen LogP contribution in [0.15, 0.2) is 0 Å². The van der Waals surface area contributed by atoms with E-state index in [2.05, 4.69) is 17.1 Å². The number of nitrogens with zero attached hydrogens (tertiary/aromatic N) is 1. The van der Waals surface area contributed by atoms with Gasteiger partial charge >= 0.3 is 0 Å². The second-order valence-electron chi connectivity index (χ2n) is 5.98. The molecule has 1 aliphatic carbocycles. The first-order valence-corrected chi connectivity index (χ1v) is 7.42. The number of ether oxygens (including phenoxy) is 1. The predicted octanol–water partition coefficient (Wildman–Crippen LogP) is 0.483. The van der Waals surface area contributed by atoms with E-state index in [0.717, 1.165) is 51.8 Å². The minimum Gasteiger partial charge on any atom is -0.377 e. The van der Waals surface area contributed by atoms with Gasteiger partial charge in [0.05, 0.1) is 11.6 Å². The highest BCUT2D eigenvalue weighted by Crippen LogP contribution is 2.31. The quantitative estimate of drug-likeness (QED) is 0.782. The fourth-order valence-electron chi connectivity index (χ4n) is 3.49. The van der Waals surface area contributed by atoms with Crippen LogP contribution >= 0.6 is 0 Å². The monoisotopic (exact) mass is 269 g/mol. The van der Waals surface area contributed by atoms with Crippen molar-refractivity contribution in [2.45, 2.75) is 56.7 Å². The molecular weight excluding hydrogens is 242 g/mol. The number of hydrogen-bond donors (Lipinski definition) is 2. The van der Waals surface area contributed by atoms with E-state index >= 15 is 0 Å². The molecule has 1 heterocycles. The molecule has 2 rings (SSSR count). The standard InChI is InChI=1S/C14H27N3O2/c1-11-10-17(7-4-8-19-11)12-5-3-6-14(9-12,16-2)13(15)18/h11-12,16H,3-10H2,1-2H3,(H2,15,18). The average Bonchev–Trinajstić information content (AvgIpc) is 2.63. The van der Waals surface area contributed by atoms with Gasteiger partial charge in [0.1, 0.15) is 0 Å². The van der Waals surface area contributed by atoms with E-state index in [1.54, 1.807) is 0 Å². The molecule has 1 aliphatic heterocycles. The van der Waals surface area contributed by atoms with Crippen molar-refractivity contribution >= 4 is 5.91 Å². The molecule has 3 N–H and O–H groups in total. The lowest BCUT2D eigenvalue weighted by atomic mass is 9.77. The summed E-state index contributed by atoms with van der Waals surface area (Å²) in [7, 11) is 1.85. The Labute approximate surface area is 115 Å². The minimum atomic E-state index is -0.515. The molecule has 3 atom stereocenters. The highest BCUT2D eigenvalue weighted by Gasteiger charge is 2.42. The van der Waals surface area contributed by atoms with E-state index in [1.165, 1.54) is 0 Å². The van der Waals surface area contributed by atoms with Crippen molar-refractivity contribution in [2.24, 2.45) is 5.73 Å². The van der Waals surface area contributed by atoms with Gasteiger partial charge in [0, 0.05) is 25.7 Å². The highest BCUT2D eigenvalue weighted by molar-refractivity contribution is 5.84. The van der Waals surface area contributed by atoms with Crippen LogP contribution in [-0.4, -0.2) is 55.2 Å². The number of carbonyl (C=O) groups excluding carboxylic acids is 1. The zero-order valence-corrected chi connectivity index (χ0v) is 12.2. The second-order valence-corrected chi connectivity index (χ2v) is 5.98. The molecule has 0 radical (unpaired) electrons. The molecule has 110 valence electrons. The molecule has 3 unspecified atom stereocenters. The molecule has 5 heteroatoms. The van der Waals surface area contributed by atoms with Crippen LogP contribution in [0.25, 0.3) is 0 Å². The third-order valence-electron chi connectivity index (χ3n) is 4.68. The largest absolute Gasteiger partial charge is 0.377 e. The van der Waals surface area contributed by atoms with Gasteiger partial charge < -0.3 is 15.8 Å². The van der Waals surface area contributed by atoms with Crippen molar-refractivity contribution in [3.63, 3.8) is 0 Å². The summed E-state index contributed by atoms with van der Waals surface area (Å²) in [5.41, 5.74) is 5.10. The predicted molar refractivity (Wildman–Crippen MR) is 74.8 cm³/mol. The number of nitrogens with one attached hydrogen (secondary N) is 1. The Kier molecular flexibility index (Phi) is 4.81. The lowest BCUT2D eigenvalue weighted by Gasteiger charge is -2.43. The molecule has 0 spiro atoms. The van der Waals surface area contributed by atoms with Crippen LogP contribution in [0.4, 0.5) is 0 Å². The maximum atomic E-state index is 11.8. The van der Waals surface area contributed by atoms with Gasteiger partial charge in [0.2, 0.25) is 5.91 Å². The van der Waals surface area contributed by atoms with Crippen LogP contribution in [-0.2, 0) is 9.53 Å². The first-order valence-electron chi connectivity index (χ1n) is 7.42. The van der Waals surface area contributed by atoms with Gasteiger partial charge in [-0.15, -0.1) is 0 Å². The van der Waals surface area contributed by atoms with E-state index in [4.69, 9.17) is 10.5 Å². The third kappa shape index (κ3) is 3.27. The van der Waals surface area contributed by atoms with Crippen molar-refractivity contribution in [3.05, 3.63) is 0 Å². The molecule has 0 aromatic carbocycles. The van der Waals surface area contributed by atoms with Crippen molar-refractivity contribution in [1.82, 2.24) is 10.2 Å². The number of primary amides is 1. The van der Waals surface area contributed by atoms with Gasteiger partial charge in [-0.05, 0) is 46.1 Å². The smallest absolute Gasteiger partial charge is 0.237 e. The molecule has 2 fully saturated rings. The Morgan fingerprint density at radius 3 is 2.95 bits per heavy atom. The van der Waals surface area contributed by atoms with E-state index in [1.807, 2.05) is 7.05 Å². The Hall–Kier alpha value is -0.650. The number of likely N-dealkylation sites (N-methyl/N-ethyl adjacent to an activating group) is 1. The number of nitrogens with two attached hydrogens (primary N) is 1. The number of rotatable bonds is 3. The van der Waals surface area contributed by atoms with Gasteiger partial charge in [0.15, 0.2) is 0 Å². The summed E-state index contributed by atoms with van der Waals surface area (Å²) in [5.74, 6) is -0.209. The van der Waals surface area contributed by atoms with Gasteiger partial charge in [-0.25, -0.2) is 0 Å². The fourth-order valence-corrected chi connectivity index (χ4v) is 3.49. The molecule has 1 saturated heterocycles. The van der Waals surface area contributed by atoms with Gasteiger partial charge in [-0.2, -0.15) is 0 Å². The highest BCUT2D eigenvalue weighted by atomic mass is 16.5. The third-order valence-corrected chi connectivity index (χ3v) is 4.68. The molecular formula is C14H27N3O2. The summed E-state index contributed by atoms with van der Waals surface area (Å²) >= 11 is 0. The van der Waals surface area contributed by atoms with Crippen LogP contribution in [0.1, 0.15) is 39.0 Å². The van der Waals surface area contributed by atoms with Gasteiger partial charge in [-0.1, -0.05) is 0 Å². The summed E-state index contributed by atoms with van der Waals surface area (Å²) in [6.45, 7) is 4.99. The van der Waals surface area contributed by atoms with Crippen molar-refractivity contribution < 1.29 is 9.53 Å². The average molecular weight is 269 g/mol. The van der Waals surface area contributed by atoms with Crippen molar-refractivity contribution in [1.29, 1.82) is 0 Å². The van der Waals surface area contributed by atoms with E-state index in [9.17, 15) is 4.79 Å². The van der Waals surface area contributed by atoms with Crippen molar-refractivity contribution in [3.8, 4) is 0 Å². The zero-order valence-electron chi connectivity index (χ0n) is 12.2. The van der Waals surface area contributed by atoms with Gasteiger partial charge in [-0.3, -0.25) is 9.69 Å². The van der Waals surface area contributed by atoms with Crippen LogP contribution in [0.2, 0.25) is 0 Å². The molecule has 0 aromatic heterocycles. The Morgan fingerprint density at radius 1 is 1.47 bits per heavy atom. The number of amides is 1. The molecule has 2 aliphatic rings. The summed E-state index contributed by atoms with van der Waals surface area (Å²) in [6, 6.07) is 0.442. The van der Waals surface area contributed by atoms with Gasteiger partial charge in [0.25, 0.3) is 0 Å². The van der Waals surface area contributed by atoms with Crippen LogP contribution < -0.4 is 11.1 Å². The van der Waals surface area contributed by atoms with Crippen LogP contribution in [0, 0.1) is 0 Å². The van der Waals surface area contributed by atoms with Crippen LogP contribution in [0.5, 0.6) is 0 Å². The molecule has 0 aromatic rings. The molecule has 1 amide bonds. The molecule has 5 nitrogen and oxygen atoms in total.